The predicted octanol–water partition coefficient (Wildman–Crippen LogP) is 3.20. The van der Waals surface area contributed by atoms with Crippen LogP contribution >= 0.6 is 11.6 Å². The molecular formula is C17H25ClN2O. The molecule has 1 fully saturated rings. The van der Waals surface area contributed by atoms with Gasteiger partial charge in [0.05, 0.1) is 5.92 Å². The van der Waals surface area contributed by atoms with E-state index in [1.54, 1.807) is 0 Å². The molecule has 1 saturated heterocycles. The first-order valence-electron chi connectivity index (χ1n) is 7.59. The molecule has 3 nitrogen and oxygen atoms in total. The van der Waals surface area contributed by atoms with Gasteiger partial charge in [-0.1, -0.05) is 44.0 Å². The monoisotopic (exact) mass is 308 g/mol. The van der Waals surface area contributed by atoms with Crippen molar-refractivity contribution in [1.29, 1.82) is 0 Å². The van der Waals surface area contributed by atoms with Crippen LogP contribution in [0.1, 0.15) is 38.7 Å². The van der Waals surface area contributed by atoms with Gasteiger partial charge >= 0.3 is 0 Å². The van der Waals surface area contributed by atoms with E-state index in [-0.39, 0.29) is 23.3 Å². The number of piperidine rings is 1. The van der Waals surface area contributed by atoms with Crippen LogP contribution in [-0.4, -0.2) is 30.4 Å². The highest BCUT2D eigenvalue weighted by atomic mass is 35.5. The Bertz CT molecular complexity index is 515. The Balaban J connectivity index is 2.38. The second-order valence-corrected chi connectivity index (χ2v) is 7.09. The topological polar surface area (TPSA) is 46.3 Å². The van der Waals surface area contributed by atoms with Crippen LogP contribution in [0.2, 0.25) is 5.02 Å². The quantitative estimate of drug-likeness (QED) is 0.928. The molecule has 1 aromatic carbocycles. The van der Waals surface area contributed by atoms with Crippen molar-refractivity contribution < 1.29 is 4.79 Å². The highest BCUT2D eigenvalue weighted by Crippen LogP contribution is 2.38. The van der Waals surface area contributed by atoms with Gasteiger partial charge in [-0.25, -0.2) is 0 Å². The van der Waals surface area contributed by atoms with Gasteiger partial charge < -0.3 is 10.6 Å². The van der Waals surface area contributed by atoms with Crippen molar-refractivity contribution in [2.45, 2.75) is 44.6 Å². The minimum absolute atomic E-state index is 0.199. The molecule has 0 bridgehead atoms. The molecule has 116 valence electrons. The van der Waals surface area contributed by atoms with Gasteiger partial charge in [-0.15, -0.1) is 0 Å². The number of rotatable bonds is 4. The second kappa shape index (κ2) is 6.37. The van der Waals surface area contributed by atoms with Crippen LogP contribution in [0.4, 0.5) is 0 Å². The summed E-state index contributed by atoms with van der Waals surface area (Å²) < 4.78 is 0. The molecule has 0 spiro atoms. The molecule has 1 amide bonds. The number of amides is 1. The molecule has 1 aromatic rings. The van der Waals surface area contributed by atoms with E-state index in [0.717, 1.165) is 24.9 Å². The number of hydrogen-bond acceptors (Lipinski definition) is 2. The number of nitrogens with zero attached hydrogens (tertiary/aromatic N) is 1. The maximum Gasteiger partial charge on any atom is 0.222 e. The van der Waals surface area contributed by atoms with E-state index in [1.165, 1.54) is 6.42 Å². The molecule has 0 aromatic heterocycles. The molecule has 0 radical (unpaired) electrons. The van der Waals surface area contributed by atoms with Crippen LogP contribution < -0.4 is 5.73 Å². The Morgan fingerprint density at radius 1 is 1.43 bits per heavy atom. The van der Waals surface area contributed by atoms with E-state index in [4.69, 9.17) is 17.3 Å². The zero-order valence-electron chi connectivity index (χ0n) is 13.1. The molecule has 2 N–H and O–H groups in total. The maximum atomic E-state index is 12.2. The van der Waals surface area contributed by atoms with Gasteiger partial charge in [-0.05, 0) is 44.1 Å². The van der Waals surface area contributed by atoms with Gasteiger partial charge in [0.2, 0.25) is 5.91 Å². The Morgan fingerprint density at radius 3 is 2.71 bits per heavy atom. The number of benzene rings is 1. The Kier molecular flexibility index (Phi) is 4.95. The molecule has 2 atom stereocenters. The summed E-state index contributed by atoms with van der Waals surface area (Å²) >= 11 is 6.12. The lowest BCUT2D eigenvalue weighted by atomic mass is 9.68. The third-order valence-electron chi connectivity index (χ3n) is 4.86. The molecule has 2 unspecified atom stereocenters. The van der Waals surface area contributed by atoms with E-state index in [0.29, 0.717) is 5.02 Å². The number of halogens is 1. The van der Waals surface area contributed by atoms with Crippen molar-refractivity contribution in [3.63, 3.8) is 0 Å². The third-order valence-corrected chi connectivity index (χ3v) is 5.10. The highest BCUT2D eigenvalue weighted by Gasteiger charge is 2.43. The van der Waals surface area contributed by atoms with Gasteiger partial charge in [0.1, 0.15) is 0 Å². The molecule has 0 saturated carbocycles. The predicted molar refractivity (Wildman–Crippen MR) is 87.4 cm³/mol. The summed E-state index contributed by atoms with van der Waals surface area (Å²) in [5.41, 5.74) is 6.52. The summed E-state index contributed by atoms with van der Waals surface area (Å²) in [6, 6.07) is 7.96. The molecule has 1 aliphatic heterocycles. The second-order valence-electron chi connectivity index (χ2n) is 6.66. The summed E-state index contributed by atoms with van der Waals surface area (Å²) in [5.74, 6) is -0.444. The first-order valence-corrected chi connectivity index (χ1v) is 7.97. The molecule has 1 heterocycles. The Labute approximate surface area is 132 Å². The molecule has 2 rings (SSSR count). The van der Waals surface area contributed by atoms with E-state index < -0.39 is 0 Å². The van der Waals surface area contributed by atoms with Crippen LogP contribution in [0.15, 0.2) is 24.3 Å². The SMILES string of the molecule is CN1CCCCC1C(C(N)=O)C(C)(C)c1cccc(Cl)c1. The summed E-state index contributed by atoms with van der Waals surface area (Å²) in [6.07, 6.45) is 3.37. The smallest absolute Gasteiger partial charge is 0.222 e. The van der Waals surface area contributed by atoms with Gasteiger partial charge in [0, 0.05) is 16.5 Å². The van der Waals surface area contributed by atoms with E-state index in [1.807, 2.05) is 24.3 Å². The lowest BCUT2D eigenvalue weighted by Gasteiger charge is -2.44. The Hall–Kier alpha value is -1.06. The highest BCUT2D eigenvalue weighted by molar-refractivity contribution is 6.30. The van der Waals surface area contributed by atoms with E-state index in [2.05, 4.69) is 25.8 Å². The van der Waals surface area contributed by atoms with Crippen molar-refractivity contribution in [3.8, 4) is 0 Å². The zero-order valence-corrected chi connectivity index (χ0v) is 13.9. The molecule has 0 aliphatic carbocycles. The number of hydrogen-bond donors (Lipinski definition) is 1. The van der Waals surface area contributed by atoms with Gasteiger partial charge in [0.15, 0.2) is 0 Å². The number of likely N-dealkylation sites (tertiary alicyclic amines) is 1. The number of primary amides is 1. The third kappa shape index (κ3) is 3.41. The minimum Gasteiger partial charge on any atom is -0.369 e. The fourth-order valence-corrected chi connectivity index (χ4v) is 3.81. The Morgan fingerprint density at radius 2 is 2.14 bits per heavy atom. The summed E-state index contributed by atoms with van der Waals surface area (Å²) in [6.45, 7) is 5.22. The van der Waals surface area contributed by atoms with Crippen LogP contribution in [0, 0.1) is 5.92 Å². The van der Waals surface area contributed by atoms with Crippen molar-refractivity contribution in [3.05, 3.63) is 34.9 Å². The standard InChI is InChI=1S/C17H25ClN2O/c1-17(2,12-7-6-8-13(18)11-12)15(16(19)21)14-9-4-5-10-20(14)3/h6-8,11,14-15H,4-5,9-10H2,1-3H3,(H2,19,21). The lowest BCUT2D eigenvalue weighted by molar-refractivity contribution is -0.127. The first-order chi connectivity index (χ1) is 9.84. The van der Waals surface area contributed by atoms with Crippen molar-refractivity contribution >= 4 is 17.5 Å². The van der Waals surface area contributed by atoms with Crippen LogP contribution in [0.25, 0.3) is 0 Å². The maximum absolute atomic E-state index is 12.2. The van der Waals surface area contributed by atoms with E-state index >= 15 is 0 Å². The molecular weight excluding hydrogens is 284 g/mol. The first kappa shape index (κ1) is 16.3. The fraction of sp³-hybridized carbons (Fsp3) is 0.588. The van der Waals surface area contributed by atoms with Gasteiger partial charge in [-0.2, -0.15) is 0 Å². The van der Waals surface area contributed by atoms with Crippen LogP contribution in [0.3, 0.4) is 0 Å². The van der Waals surface area contributed by atoms with Crippen molar-refractivity contribution in [2.24, 2.45) is 11.7 Å². The largest absolute Gasteiger partial charge is 0.369 e. The number of carbonyl (C=O) groups is 1. The average Bonchev–Trinajstić information content (AvgIpc) is 2.40. The number of carbonyl (C=O) groups excluding carboxylic acids is 1. The molecule has 1 aliphatic rings. The van der Waals surface area contributed by atoms with Crippen LogP contribution in [-0.2, 0) is 10.2 Å². The average molecular weight is 309 g/mol. The van der Waals surface area contributed by atoms with Gasteiger partial charge in [0.25, 0.3) is 0 Å². The van der Waals surface area contributed by atoms with Crippen molar-refractivity contribution in [2.75, 3.05) is 13.6 Å². The summed E-state index contributed by atoms with van der Waals surface area (Å²) in [4.78, 5) is 14.5. The van der Waals surface area contributed by atoms with Gasteiger partial charge in [-0.3, -0.25) is 4.79 Å². The number of nitrogens with two attached hydrogens (primary N) is 1. The summed E-state index contributed by atoms with van der Waals surface area (Å²) in [7, 11) is 2.09. The zero-order chi connectivity index (χ0) is 15.6. The fourth-order valence-electron chi connectivity index (χ4n) is 3.62. The summed E-state index contributed by atoms with van der Waals surface area (Å²) in [5, 5.41) is 0.695. The van der Waals surface area contributed by atoms with Crippen molar-refractivity contribution in [1.82, 2.24) is 4.90 Å². The normalized spacial score (nSPS) is 22.0. The van der Waals surface area contributed by atoms with E-state index in [9.17, 15) is 4.79 Å². The minimum atomic E-state index is -0.340. The molecule has 21 heavy (non-hydrogen) atoms. The van der Waals surface area contributed by atoms with Crippen LogP contribution in [0.5, 0.6) is 0 Å². The lowest BCUT2D eigenvalue weighted by Crippen LogP contribution is -2.53. The molecule has 4 heteroatoms.